The summed E-state index contributed by atoms with van der Waals surface area (Å²) in [6, 6.07) is 3.21. The molecule has 8 heteroatoms. The molecule has 1 aromatic carbocycles. The van der Waals surface area contributed by atoms with Gasteiger partial charge in [-0.25, -0.2) is 4.39 Å². The average Bonchev–Trinajstić information content (AvgIpc) is 2.27. The van der Waals surface area contributed by atoms with Crippen LogP contribution in [0.4, 0.5) is 23.2 Å². The van der Waals surface area contributed by atoms with Crippen molar-refractivity contribution in [2.75, 3.05) is 12.4 Å². The molecule has 0 aromatic heterocycles. The maximum absolute atomic E-state index is 13.3. The van der Waals surface area contributed by atoms with E-state index in [9.17, 15) is 22.4 Å². The molecule has 0 spiro atoms. The van der Waals surface area contributed by atoms with Gasteiger partial charge in [0.2, 0.25) is 0 Å². The van der Waals surface area contributed by atoms with Crippen LogP contribution in [-0.4, -0.2) is 24.7 Å². The van der Waals surface area contributed by atoms with E-state index in [1.165, 1.54) is 19.2 Å². The van der Waals surface area contributed by atoms with Gasteiger partial charge < -0.3 is 15.8 Å². The van der Waals surface area contributed by atoms with Crippen molar-refractivity contribution in [2.45, 2.75) is 18.6 Å². The maximum atomic E-state index is 13.3. The Labute approximate surface area is 106 Å². The topological polar surface area (TPSA) is 64.3 Å². The Bertz CT molecular complexity index is 486. The monoisotopic (exact) mass is 280 g/mol. The molecule has 0 bridgehead atoms. The normalized spacial score (nSPS) is 14.7. The molecule has 0 saturated heterocycles. The van der Waals surface area contributed by atoms with Gasteiger partial charge in [0, 0.05) is 11.8 Å². The predicted molar refractivity (Wildman–Crippen MR) is 60.2 cm³/mol. The van der Waals surface area contributed by atoms with Gasteiger partial charge in [-0.15, -0.1) is 0 Å². The van der Waals surface area contributed by atoms with E-state index in [1.807, 2.05) is 5.32 Å². The molecule has 1 unspecified atom stereocenters. The third-order valence-corrected chi connectivity index (χ3v) is 2.47. The summed E-state index contributed by atoms with van der Waals surface area (Å²) in [6.07, 6.45) is -4.91. The Morgan fingerprint density at radius 1 is 1.37 bits per heavy atom. The van der Waals surface area contributed by atoms with Crippen molar-refractivity contribution in [2.24, 2.45) is 5.73 Å². The fourth-order valence-corrected chi connectivity index (χ4v) is 1.13. The lowest BCUT2D eigenvalue weighted by atomic mass is 10.0. The smallest absolute Gasteiger partial charge is 0.415 e. The molecule has 4 nitrogen and oxygen atoms in total. The average molecular weight is 280 g/mol. The molecule has 19 heavy (non-hydrogen) atoms. The van der Waals surface area contributed by atoms with Gasteiger partial charge in [-0.3, -0.25) is 4.79 Å². The second kappa shape index (κ2) is 5.04. The highest BCUT2D eigenvalue weighted by molar-refractivity contribution is 5.98. The third kappa shape index (κ3) is 3.14. The summed E-state index contributed by atoms with van der Waals surface area (Å²) >= 11 is 0. The zero-order valence-corrected chi connectivity index (χ0v) is 10.1. The molecule has 106 valence electrons. The number of nitrogens with one attached hydrogen (secondary N) is 1. The lowest BCUT2D eigenvalue weighted by Crippen LogP contribution is -2.59. The van der Waals surface area contributed by atoms with E-state index in [-0.39, 0.29) is 11.4 Å². The van der Waals surface area contributed by atoms with Crippen LogP contribution in [0.3, 0.4) is 0 Å². The number of rotatable bonds is 3. The highest BCUT2D eigenvalue weighted by Gasteiger charge is 2.53. The first-order chi connectivity index (χ1) is 8.59. The lowest BCUT2D eigenvalue weighted by Gasteiger charge is -2.26. The van der Waals surface area contributed by atoms with E-state index in [4.69, 9.17) is 5.73 Å². The predicted octanol–water partition coefficient (Wildman–Crippen LogP) is 2.05. The first-order valence-corrected chi connectivity index (χ1v) is 5.10. The van der Waals surface area contributed by atoms with Crippen molar-refractivity contribution in [1.29, 1.82) is 0 Å². The third-order valence-electron chi connectivity index (χ3n) is 2.47. The molecule has 1 amide bonds. The van der Waals surface area contributed by atoms with Crippen molar-refractivity contribution in [3.05, 3.63) is 24.0 Å². The largest absolute Gasteiger partial charge is 0.494 e. The van der Waals surface area contributed by atoms with Crippen LogP contribution in [0.5, 0.6) is 5.75 Å². The SMILES string of the molecule is COc1ccc(NC(=O)C(C)(N)C(F)(F)F)cc1F. The molecular formula is C11H12F4N2O2. The number of nitrogens with two attached hydrogens (primary N) is 1. The Kier molecular flexibility index (Phi) is 4.04. The van der Waals surface area contributed by atoms with Gasteiger partial charge in [-0.2, -0.15) is 13.2 Å². The van der Waals surface area contributed by atoms with E-state index in [0.29, 0.717) is 6.92 Å². The molecular weight excluding hydrogens is 268 g/mol. The summed E-state index contributed by atoms with van der Waals surface area (Å²) < 4.78 is 55.4. The minimum absolute atomic E-state index is 0.0932. The van der Waals surface area contributed by atoms with Gasteiger partial charge in [0.25, 0.3) is 5.91 Å². The van der Waals surface area contributed by atoms with Crippen LogP contribution in [0.15, 0.2) is 18.2 Å². The number of anilines is 1. The van der Waals surface area contributed by atoms with Crippen LogP contribution in [0.1, 0.15) is 6.92 Å². The van der Waals surface area contributed by atoms with Crippen molar-refractivity contribution in [1.82, 2.24) is 0 Å². The second-order valence-electron chi connectivity index (χ2n) is 4.00. The highest BCUT2D eigenvalue weighted by Crippen LogP contribution is 2.29. The van der Waals surface area contributed by atoms with Gasteiger partial charge in [0.05, 0.1) is 7.11 Å². The molecule has 1 atom stereocenters. The fraction of sp³-hybridized carbons (Fsp3) is 0.364. The molecule has 0 aliphatic heterocycles. The quantitative estimate of drug-likeness (QED) is 0.833. The molecule has 0 aliphatic rings. The van der Waals surface area contributed by atoms with Crippen molar-refractivity contribution >= 4 is 11.6 Å². The number of benzene rings is 1. The summed E-state index contributed by atoms with van der Waals surface area (Å²) in [5.74, 6) is -2.39. The number of amides is 1. The maximum Gasteiger partial charge on any atom is 0.415 e. The minimum Gasteiger partial charge on any atom is -0.494 e. The van der Waals surface area contributed by atoms with Crippen LogP contribution < -0.4 is 15.8 Å². The molecule has 0 saturated carbocycles. The first-order valence-electron chi connectivity index (χ1n) is 5.10. The Morgan fingerprint density at radius 3 is 2.37 bits per heavy atom. The molecule has 0 radical (unpaired) electrons. The van der Waals surface area contributed by atoms with Crippen LogP contribution >= 0.6 is 0 Å². The van der Waals surface area contributed by atoms with E-state index >= 15 is 0 Å². The minimum atomic E-state index is -4.91. The molecule has 3 N–H and O–H groups in total. The van der Waals surface area contributed by atoms with Crippen LogP contribution in [0.25, 0.3) is 0 Å². The summed E-state index contributed by atoms with van der Waals surface area (Å²) in [5, 5.41) is 1.90. The summed E-state index contributed by atoms with van der Waals surface area (Å²) in [7, 11) is 1.23. The standard InChI is InChI=1S/C11H12F4N2O2/c1-10(16,11(13,14)15)9(18)17-6-3-4-8(19-2)7(12)5-6/h3-5H,16H2,1-2H3,(H,17,18). The number of alkyl halides is 3. The summed E-state index contributed by atoms with van der Waals surface area (Å²) in [4.78, 5) is 11.4. The van der Waals surface area contributed by atoms with Crippen LogP contribution in [0, 0.1) is 5.82 Å². The van der Waals surface area contributed by atoms with Gasteiger partial charge in [-0.1, -0.05) is 0 Å². The number of carbonyl (C=O) groups is 1. The molecule has 1 aromatic rings. The number of hydrogen-bond acceptors (Lipinski definition) is 3. The van der Waals surface area contributed by atoms with E-state index in [1.54, 1.807) is 0 Å². The summed E-state index contributed by atoms with van der Waals surface area (Å²) in [5.41, 5.74) is 1.71. The Balaban J connectivity index is 2.92. The number of halogens is 4. The van der Waals surface area contributed by atoms with Crippen LogP contribution in [0.2, 0.25) is 0 Å². The zero-order chi connectivity index (χ0) is 14.8. The van der Waals surface area contributed by atoms with Gasteiger partial charge >= 0.3 is 6.18 Å². The van der Waals surface area contributed by atoms with Crippen molar-refractivity contribution < 1.29 is 27.1 Å². The number of hydrogen-bond donors (Lipinski definition) is 2. The van der Waals surface area contributed by atoms with E-state index in [0.717, 1.165) is 6.07 Å². The fourth-order valence-electron chi connectivity index (χ4n) is 1.13. The van der Waals surface area contributed by atoms with E-state index < -0.39 is 23.4 Å². The van der Waals surface area contributed by atoms with Gasteiger partial charge in [0.15, 0.2) is 17.1 Å². The van der Waals surface area contributed by atoms with E-state index in [2.05, 4.69) is 4.74 Å². The first kappa shape index (κ1) is 15.2. The zero-order valence-electron chi connectivity index (χ0n) is 10.1. The van der Waals surface area contributed by atoms with Crippen molar-refractivity contribution in [3.8, 4) is 5.75 Å². The lowest BCUT2D eigenvalue weighted by molar-refractivity contribution is -0.184. The molecule has 0 heterocycles. The Morgan fingerprint density at radius 2 is 1.95 bits per heavy atom. The Hall–Kier alpha value is -1.83. The summed E-state index contributed by atoms with van der Waals surface area (Å²) in [6.45, 7) is 0.530. The number of methoxy groups -OCH3 is 1. The second-order valence-corrected chi connectivity index (χ2v) is 4.00. The molecule has 0 fully saturated rings. The van der Waals surface area contributed by atoms with Gasteiger partial charge in [-0.05, 0) is 19.1 Å². The number of ether oxygens (including phenoxy) is 1. The van der Waals surface area contributed by atoms with Crippen molar-refractivity contribution in [3.63, 3.8) is 0 Å². The number of carbonyl (C=O) groups excluding carboxylic acids is 1. The van der Waals surface area contributed by atoms with Crippen LogP contribution in [-0.2, 0) is 4.79 Å². The highest BCUT2D eigenvalue weighted by atomic mass is 19.4. The van der Waals surface area contributed by atoms with Gasteiger partial charge in [0.1, 0.15) is 0 Å². The molecule has 0 aliphatic carbocycles. The molecule has 1 rings (SSSR count).